The first-order valence-electron chi connectivity index (χ1n) is 10.1. The Morgan fingerprint density at radius 2 is 2.09 bits per heavy atom. The van der Waals surface area contributed by atoms with Crippen molar-refractivity contribution in [3.05, 3.63) is 73.6 Å². The predicted molar refractivity (Wildman–Crippen MR) is 127 cm³/mol. The number of methoxy groups -OCH3 is 1. The Kier molecular flexibility index (Phi) is 7.11. The van der Waals surface area contributed by atoms with Crippen molar-refractivity contribution in [2.24, 2.45) is 0 Å². The van der Waals surface area contributed by atoms with Crippen molar-refractivity contribution in [2.45, 2.75) is 6.42 Å². The number of hydrogen-bond donors (Lipinski definition) is 2. The van der Waals surface area contributed by atoms with Crippen molar-refractivity contribution in [3.8, 4) is 22.8 Å². The summed E-state index contributed by atoms with van der Waals surface area (Å²) in [6.07, 6.45) is 3.48. The van der Waals surface area contributed by atoms with E-state index in [2.05, 4.69) is 10.5 Å². The van der Waals surface area contributed by atoms with Crippen LogP contribution < -0.4 is 20.3 Å². The first-order chi connectivity index (χ1) is 16.4. The number of nitrogens with zero attached hydrogens (tertiary/aromatic N) is 2. The van der Waals surface area contributed by atoms with Crippen molar-refractivity contribution in [1.29, 1.82) is 0 Å². The lowest BCUT2D eigenvalue weighted by atomic mass is 10.1. The Hall–Kier alpha value is -3.47. The Balaban J connectivity index is 1.57. The lowest BCUT2D eigenvalue weighted by Gasteiger charge is -2.05. The predicted octanol–water partition coefficient (Wildman–Crippen LogP) is 3.36. The van der Waals surface area contributed by atoms with Gasteiger partial charge in [0.15, 0.2) is 16.5 Å². The molecule has 8 nitrogen and oxygen atoms in total. The average Bonchev–Trinajstić information content (AvgIpc) is 3.38. The van der Waals surface area contributed by atoms with Gasteiger partial charge in [0.05, 0.1) is 35.6 Å². The van der Waals surface area contributed by atoms with Crippen molar-refractivity contribution in [1.82, 2.24) is 14.9 Å². The van der Waals surface area contributed by atoms with Gasteiger partial charge in [-0.1, -0.05) is 35.1 Å². The fraction of sp³-hybridized carbons (Fsp3) is 0.174. The van der Waals surface area contributed by atoms with Gasteiger partial charge in [0.2, 0.25) is 0 Å². The molecule has 0 aliphatic rings. The number of amides is 1. The number of phenols is 1. The fourth-order valence-corrected chi connectivity index (χ4v) is 4.32. The standard InChI is InChI=1S/C23H19ClFN3O5S/c1-32-18-10-13(9-16(24)20(18)29)11-19-22(31)28-12-17(26-23(28)34-19)14-3-5-15(6-4-14)21(30)27-33-8-2-7-25/h3-6,9-12,29H,2,7-8H2,1H3,(H,27,30)/b19-11-. The first kappa shape index (κ1) is 23.7. The Labute approximate surface area is 201 Å². The molecule has 0 unspecified atom stereocenters. The van der Waals surface area contributed by atoms with Crippen LogP contribution in [0.4, 0.5) is 4.39 Å². The van der Waals surface area contributed by atoms with E-state index in [1.807, 2.05) is 0 Å². The van der Waals surface area contributed by atoms with E-state index < -0.39 is 12.6 Å². The van der Waals surface area contributed by atoms with E-state index in [1.165, 1.54) is 28.9 Å². The monoisotopic (exact) mass is 503 g/mol. The molecule has 176 valence electrons. The molecule has 0 saturated carbocycles. The molecule has 0 radical (unpaired) electrons. The number of thiazole rings is 1. The largest absolute Gasteiger partial charge is 0.503 e. The van der Waals surface area contributed by atoms with Crippen molar-refractivity contribution < 1.29 is 23.9 Å². The van der Waals surface area contributed by atoms with Gasteiger partial charge in [-0.25, -0.2) is 10.5 Å². The number of imidazole rings is 1. The lowest BCUT2D eigenvalue weighted by Crippen LogP contribution is -2.24. The summed E-state index contributed by atoms with van der Waals surface area (Å²) in [5.74, 6) is -0.399. The van der Waals surface area contributed by atoms with Gasteiger partial charge in [0.1, 0.15) is 0 Å². The Morgan fingerprint density at radius 1 is 1.32 bits per heavy atom. The van der Waals surface area contributed by atoms with Crippen LogP contribution >= 0.6 is 22.9 Å². The molecule has 0 atom stereocenters. The van der Waals surface area contributed by atoms with Crippen molar-refractivity contribution >= 4 is 39.9 Å². The average molecular weight is 504 g/mol. The third-order valence-corrected chi connectivity index (χ3v) is 6.13. The van der Waals surface area contributed by atoms with E-state index in [-0.39, 0.29) is 35.1 Å². The normalized spacial score (nSPS) is 11.8. The number of carbonyl (C=O) groups is 1. The third-order valence-electron chi connectivity index (χ3n) is 4.86. The van der Waals surface area contributed by atoms with Crippen LogP contribution in [0.5, 0.6) is 11.5 Å². The molecule has 2 aromatic heterocycles. The molecule has 1 amide bonds. The molecule has 34 heavy (non-hydrogen) atoms. The molecule has 4 rings (SSSR count). The Morgan fingerprint density at radius 3 is 2.76 bits per heavy atom. The number of alkyl halides is 1. The number of rotatable bonds is 8. The number of aromatic nitrogens is 2. The number of carbonyl (C=O) groups excluding carboxylic acids is 1. The maximum atomic E-state index is 12.9. The maximum absolute atomic E-state index is 12.9. The number of nitrogens with one attached hydrogen (secondary N) is 1. The summed E-state index contributed by atoms with van der Waals surface area (Å²) in [5.41, 5.74) is 4.29. The highest BCUT2D eigenvalue weighted by molar-refractivity contribution is 7.15. The number of hydrogen-bond acceptors (Lipinski definition) is 7. The molecule has 0 bridgehead atoms. The lowest BCUT2D eigenvalue weighted by molar-refractivity contribution is 0.0288. The minimum atomic E-state index is -0.517. The van der Waals surface area contributed by atoms with Gasteiger partial charge in [-0.05, 0) is 35.9 Å². The highest BCUT2D eigenvalue weighted by Crippen LogP contribution is 2.35. The van der Waals surface area contributed by atoms with Crippen LogP contribution in [0.25, 0.3) is 22.3 Å². The molecule has 0 fully saturated rings. The van der Waals surface area contributed by atoms with E-state index >= 15 is 0 Å². The van der Waals surface area contributed by atoms with E-state index in [9.17, 15) is 19.1 Å². The van der Waals surface area contributed by atoms with Crippen LogP contribution in [0, 0.1) is 0 Å². The van der Waals surface area contributed by atoms with Crippen LogP contribution in [0.2, 0.25) is 5.02 Å². The van der Waals surface area contributed by atoms with E-state index in [0.717, 1.165) is 5.56 Å². The third kappa shape index (κ3) is 4.89. The topological polar surface area (TPSA) is 102 Å². The molecular weight excluding hydrogens is 485 g/mol. The van der Waals surface area contributed by atoms with Gasteiger partial charge in [0.25, 0.3) is 11.5 Å². The maximum Gasteiger partial charge on any atom is 0.274 e. The summed E-state index contributed by atoms with van der Waals surface area (Å²) in [4.78, 5) is 34.9. The number of benzene rings is 2. The van der Waals surface area contributed by atoms with Gasteiger partial charge >= 0.3 is 0 Å². The number of hydroxylamine groups is 1. The second-order valence-electron chi connectivity index (χ2n) is 7.15. The molecular formula is C23H19ClFN3O5S. The van der Waals surface area contributed by atoms with Gasteiger partial charge in [-0.2, -0.15) is 0 Å². The summed E-state index contributed by atoms with van der Waals surface area (Å²) in [6.45, 7) is -0.423. The zero-order chi connectivity index (χ0) is 24.2. The number of ether oxygens (including phenoxy) is 1. The zero-order valence-corrected chi connectivity index (χ0v) is 19.5. The minimum absolute atomic E-state index is 0.0932. The van der Waals surface area contributed by atoms with E-state index in [0.29, 0.717) is 26.3 Å². The highest BCUT2D eigenvalue weighted by atomic mass is 35.5. The van der Waals surface area contributed by atoms with Gasteiger partial charge in [-0.15, -0.1) is 0 Å². The molecule has 11 heteroatoms. The molecule has 0 spiro atoms. The van der Waals surface area contributed by atoms with Crippen molar-refractivity contribution in [3.63, 3.8) is 0 Å². The second kappa shape index (κ2) is 10.2. The quantitative estimate of drug-likeness (QED) is 0.282. The number of aromatic hydroxyl groups is 1. The second-order valence-corrected chi connectivity index (χ2v) is 8.56. The van der Waals surface area contributed by atoms with E-state index in [1.54, 1.807) is 42.6 Å². The number of fused-ring (bicyclic) bond motifs is 1. The summed E-state index contributed by atoms with van der Waals surface area (Å²) >= 11 is 7.24. The highest BCUT2D eigenvalue weighted by Gasteiger charge is 2.13. The Bertz CT molecular complexity index is 1450. The number of phenolic OH excluding ortho intramolecular Hbond substituents is 1. The van der Waals surface area contributed by atoms with Crippen LogP contribution in [0.3, 0.4) is 0 Å². The summed E-state index contributed by atoms with van der Waals surface area (Å²) in [7, 11) is 1.41. The van der Waals surface area contributed by atoms with Crippen LogP contribution in [-0.2, 0) is 4.84 Å². The van der Waals surface area contributed by atoms with Gasteiger partial charge in [-0.3, -0.25) is 23.2 Å². The number of halogens is 2. The first-order valence-corrected chi connectivity index (χ1v) is 11.3. The van der Waals surface area contributed by atoms with E-state index in [4.69, 9.17) is 21.2 Å². The van der Waals surface area contributed by atoms with Crippen LogP contribution in [0.1, 0.15) is 22.3 Å². The summed E-state index contributed by atoms with van der Waals surface area (Å²) in [5, 5.41) is 10.00. The molecule has 4 aromatic rings. The smallest absolute Gasteiger partial charge is 0.274 e. The molecule has 0 aliphatic heterocycles. The minimum Gasteiger partial charge on any atom is -0.503 e. The SMILES string of the molecule is COc1cc(/C=c2\sc3nc(-c4ccc(C(=O)NOCCCF)cc4)cn3c2=O)cc(Cl)c1O. The molecule has 2 N–H and O–H groups in total. The molecule has 0 aliphatic carbocycles. The molecule has 2 heterocycles. The summed E-state index contributed by atoms with van der Waals surface area (Å²) in [6, 6.07) is 9.76. The van der Waals surface area contributed by atoms with Crippen molar-refractivity contribution in [2.75, 3.05) is 20.4 Å². The molecule has 2 aromatic carbocycles. The van der Waals surface area contributed by atoms with Crippen LogP contribution in [0.15, 0.2) is 47.4 Å². The van der Waals surface area contributed by atoms with Gasteiger partial charge in [0, 0.05) is 23.7 Å². The zero-order valence-electron chi connectivity index (χ0n) is 17.9. The molecule has 0 saturated heterocycles. The van der Waals surface area contributed by atoms with Crippen LogP contribution in [-0.4, -0.2) is 40.8 Å². The van der Waals surface area contributed by atoms with Gasteiger partial charge < -0.3 is 9.84 Å². The fourth-order valence-electron chi connectivity index (χ4n) is 3.15. The summed E-state index contributed by atoms with van der Waals surface area (Å²) < 4.78 is 19.1.